The van der Waals surface area contributed by atoms with Crippen LogP contribution >= 0.6 is 12.2 Å². The number of para-hydroxylation sites is 1. The molecule has 0 amide bonds. The number of sulfonamides is 1. The van der Waals surface area contributed by atoms with Gasteiger partial charge in [-0.15, -0.1) is 0 Å². The molecule has 3 aromatic carbocycles. The number of hydrogen-bond donors (Lipinski definition) is 2. The van der Waals surface area contributed by atoms with E-state index in [2.05, 4.69) is 10.6 Å². The standard InChI is InChI=1S/C21H21N3O2S2/c1-24(19-12-6-3-7-13-19)28(25,26)20-14-8-11-18(15-20)23-21(27)22-16-17-9-4-2-5-10-17/h2-15H,16H2,1H3,(H2,22,23,27). The molecule has 0 aromatic heterocycles. The number of hydrogen-bond acceptors (Lipinski definition) is 3. The van der Waals surface area contributed by atoms with Crippen molar-refractivity contribution in [1.29, 1.82) is 0 Å². The van der Waals surface area contributed by atoms with Crippen LogP contribution < -0.4 is 14.9 Å². The minimum Gasteiger partial charge on any atom is -0.358 e. The van der Waals surface area contributed by atoms with Crippen molar-refractivity contribution >= 4 is 38.7 Å². The molecule has 144 valence electrons. The summed E-state index contributed by atoms with van der Waals surface area (Å²) >= 11 is 5.32. The minimum absolute atomic E-state index is 0.190. The maximum atomic E-state index is 12.9. The quantitative estimate of drug-likeness (QED) is 0.601. The molecule has 0 heterocycles. The summed E-state index contributed by atoms with van der Waals surface area (Å²) in [5.74, 6) is 0. The first kappa shape index (κ1) is 19.9. The van der Waals surface area contributed by atoms with E-state index in [1.165, 1.54) is 11.4 Å². The SMILES string of the molecule is CN(c1ccccc1)S(=O)(=O)c1cccc(NC(=S)NCc2ccccc2)c1. The van der Waals surface area contributed by atoms with E-state index in [0.717, 1.165) is 5.56 Å². The highest BCUT2D eigenvalue weighted by Gasteiger charge is 2.21. The number of nitrogens with one attached hydrogen (secondary N) is 2. The topological polar surface area (TPSA) is 61.4 Å². The fourth-order valence-electron chi connectivity index (χ4n) is 2.62. The zero-order chi connectivity index (χ0) is 20.0. The van der Waals surface area contributed by atoms with Crippen molar-refractivity contribution in [2.45, 2.75) is 11.4 Å². The lowest BCUT2D eigenvalue weighted by Crippen LogP contribution is -2.28. The van der Waals surface area contributed by atoms with Crippen molar-refractivity contribution in [3.8, 4) is 0 Å². The van der Waals surface area contributed by atoms with E-state index in [1.807, 2.05) is 36.4 Å². The summed E-state index contributed by atoms with van der Waals surface area (Å²) in [5, 5.41) is 6.58. The Kier molecular flexibility index (Phi) is 6.28. The van der Waals surface area contributed by atoms with Crippen molar-refractivity contribution in [2.24, 2.45) is 0 Å². The Hall–Kier alpha value is -2.90. The van der Waals surface area contributed by atoms with Crippen molar-refractivity contribution in [2.75, 3.05) is 16.7 Å². The smallest absolute Gasteiger partial charge is 0.264 e. The third-order valence-corrected chi connectivity index (χ3v) is 6.19. The van der Waals surface area contributed by atoms with Crippen LogP contribution in [0.5, 0.6) is 0 Å². The Morgan fingerprint density at radius 1 is 0.929 bits per heavy atom. The molecular weight excluding hydrogens is 390 g/mol. The molecule has 0 saturated carbocycles. The molecule has 0 radical (unpaired) electrons. The summed E-state index contributed by atoms with van der Waals surface area (Å²) in [6.07, 6.45) is 0. The summed E-state index contributed by atoms with van der Waals surface area (Å²) in [6.45, 7) is 0.585. The molecule has 0 aliphatic carbocycles. The van der Waals surface area contributed by atoms with Gasteiger partial charge in [0.25, 0.3) is 10.0 Å². The van der Waals surface area contributed by atoms with Crippen LogP contribution in [0.1, 0.15) is 5.56 Å². The minimum atomic E-state index is -3.68. The highest BCUT2D eigenvalue weighted by Crippen LogP contribution is 2.23. The van der Waals surface area contributed by atoms with E-state index < -0.39 is 10.0 Å². The number of nitrogens with zero attached hydrogens (tertiary/aromatic N) is 1. The molecule has 0 atom stereocenters. The van der Waals surface area contributed by atoms with E-state index in [0.29, 0.717) is 23.0 Å². The Bertz CT molecular complexity index is 1040. The summed E-state index contributed by atoms with van der Waals surface area (Å²) in [5.41, 5.74) is 2.31. The van der Waals surface area contributed by atoms with Gasteiger partial charge in [0.1, 0.15) is 0 Å². The molecule has 3 rings (SSSR count). The lowest BCUT2D eigenvalue weighted by molar-refractivity contribution is 0.594. The zero-order valence-corrected chi connectivity index (χ0v) is 17.0. The molecule has 0 bridgehead atoms. The van der Waals surface area contributed by atoms with Gasteiger partial charge in [-0.1, -0.05) is 54.6 Å². The van der Waals surface area contributed by atoms with Crippen LogP contribution in [-0.2, 0) is 16.6 Å². The first-order chi connectivity index (χ1) is 13.5. The molecule has 5 nitrogen and oxygen atoms in total. The van der Waals surface area contributed by atoms with E-state index in [1.54, 1.807) is 48.5 Å². The largest absolute Gasteiger partial charge is 0.358 e. The van der Waals surface area contributed by atoms with Crippen molar-refractivity contribution < 1.29 is 8.42 Å². The average molecular weight is 412 g/mol. The predicted molar refractivity (Wildman–Crippen MR) is 118 cm³/mol. The van der Waals surface area contributed by atoms with Crippen LogP contribution in [0.15, 0.2) is 89.8 Å². The molecule has 0 aliphatic heterocycles. The summed E-state index contributed by atoms with van der Waals surface area (Å²) in [7, 11) is -2.14. The Labute approximate surface area is 171 Å². The second-order valence-corrected chi connectivity index (χ2v) is 8.51. The lowest BCUT2D eigenvalue weighted by atomic mass is 10.2. The molecule has 0 spiro atoms. The molecule has 0 fully saturated rings. The van der Waals surface area contributed by atoms with Crippen LogP contribution in [-0.4, -0.2) is 20.6 Å². The van der Waals surface area contributed by atoms with Crippen LogP contribution in [0.2, 0.25) is 0 Å². The highest BCUT2D eigenvalue weighted by atomic mass is 32.2. The summed E-state index contributed by atoms with van der Waals surface area (Å²) in [6, 6.07) is 25.4. The molecule has 0 aliphatic rings. The average Bonchev–Trinajstić information content (AvgIpc) is 2.73. The zero-order valence-electron chi connectivity index (χ0n) is 15.4. The van der Waals surface area contributed by atoms with Gasteiger partial charge >= 0.3 is 0 Å². The third kappa shape index (κ3) is 4.88. The summed E-state index contributed by atoms with van der Waals surface area (Å²) in [4.78, 5) is 0.190. The van der Waals surface area contributed by atoms with Gasteiger partial charge in [0.15, 0.2) is 5.11 Å². The van der Waals surface area contributed by atoms with Gasteiger partial charge in [0.05, 0.1) is 10.6 Å². The number of rotatable bonds is 6. The molecule has 0 unspecified atom stereocenters. The number of benzene rings is 3. The fourth-order valence-corrected chi connectivity index (χ4v) is 4.05. The van der Waals surface area contributed by atoms with Crippen LogP contribution in [0.4, 0.5) is 11.4 Å². The van der Waals surface area contributed by atoms with Gasteiger partial charge in [-0.2, -0.15) is 0 Å². The normalized spacial score (nSPS) is 10.9. The van der Waals surface area contributed by atoms with E-state index in [4.69, 9.17) is 12.2 Å². The molecule has 7 heteroatoms. The third-order valence-electron chi connectivity index (χ3n) is 4.17. The van der Waals surface area contributed by atoms with Gasteiger partial charge < -0.3 is 10.6 Å². The monoisotopic (exact) mass is 411 g/mol. The van der Waals surface area contributed by atoms with Gasteiger partial charge in [0.2, 0.25) is 0 Å². The first-order valence-corrected chi connectivity index (χ1v) is 10.5. The summed E-state index contributed by atoms with van der Waals surface area (Å²) < 4.78 is 27.1. The number of thiocarbonyl (C=S) groups is 1. The molecule has 3 aromatic rings. The van der Waals surface area contributed by atoms with E-state index >= 15 is 0 Å². The molecule has 0 saturated heterocycles. The fraction of sp³-hybridized carbons (Fsp3) is 0.0952. The lowest BCUT2D eigenvalue weighted by Gasteiger charge is -2.20. The highest BCUT2D eigenvalue weighted by molar-refractivity contribution is 7.92. The first-order valence-electron chi connectivity index (χ1n) is 8.69. The second kappa shape index (κ2) is 8.86. The van der Waals surface area contributed by atoms with Crippen molar-refractivity contribution in [1.82, 2.24) is 5.32 Å². The van der Waals surface area contributed by atoms with Gasteiger partial charge in [-0.3, -0.25) is 4.31 Å². The van der Waals surface area contributed by atoms with Gasteiger partial charge in [-0.05, 0) is 48.1 Å². The van der Waals surface area contributed by atoms with Crippen LogP contribution in [0, 0.1) is 0 Å². The maximum Gasteiger partial charge on any atom is 0.264 e. The predicted octanol–water partition coefficient (Wildman–Crippen LogP) is 4.00. The Morgan fingerprint density at radius 2 is 1.57 bits per heavy atom. The van der Waals surface area contributed by atoms with E-state index in [9.17, 15) is 8.42 Å². The molecular formula is C21H21N3O2S2. The maximum absolute atomic E-state index is 12.9. The van der Waals surface area contributed by atoms with Crippen molar-refractivity contribution in [3.05, 3.63) is 90.5 Å². The number of anilines is 2. The Balaban J connectivity index is 1.70. The van der Waals surface area contributed by atoms with Crippen LogP contribution in [0.3, 0.4) is 0 Å². The van der Waals surface area contributed by atoms with Crippen LogP contribution in [0.25, 0.3) is 0 Å². The molecule has 2 N–H and O–H groups in total. The van der Waals surface area contributed by atoms with Gasteiger partial charge in [-0.25, -0.2) is 8.42 Å². The van der Waals surface area contributed by atoms with Gasteiger partial charge in [0, 0.05) is 19.3 Å². The molecule has 28 heavy (non-hydrogen) atoms. The van der Waals surface area contributed by atoms with Crippen molar-refractivity contribution in [3.63, 3.8) is 0 Å². The van der Waals surface area contributed by atoms with E-state index in [-0.39, 0.29) is 4.90 Å². The second-order valence-electron chi connectivity index (χ2n) is 6.13. The Morgan fingerprint density at radius 3 is 2.25 bits per heavy atom.